The van der Waals surface area contributed by atoms with Crippen LogP contribution in [0.1, 0.15) is 35.0 Å². The minimum absolute atomic E-state index is 0.0522. The first-order valence-corrected chi connectivity index (χ1v) is 8.29. The summed E-state index contributed by atoms with van der Waals surface area (Å²) in [4.78, 5) is 23.3. The first kappa shape index (κ1) is 17.2. The molecule has 0 heterocycles. The van der Waals surface area contributed by atoms with Crippen LogP contribution < -0.4 is 5.32 Å². The van der Waals surface area contributed by atoms with Gasteiger partial charge in [0, 0.05) is 22.1 Å². The van der Waals surface area contributed by atoms with Gasteiger partial charge in [0.2, 0.25) is 5.91 Å². The number of hydrogen-bond donors (Lipinski definition) is 1. The molecule has 0 bridgehead atoms. The number of amides is 1. The second-order valence-electron chi connectivity index (χ2n) is 5.16. The second kappa shape index (κ2) is 7.92. The van der Waals surface area contributed by atoms with E-state index in [1.54, 1.807) is 42.5 Å². The molecule has 0 aliphatic rings. The highest BCUT2D eigenvalue weighted by Crippen LogP contribution is 2.29. The van der Waals surface area contributed by atoms with Crippen LogP contribution in [0.3, 0.4) is 0 Å². The SMILES string of the molecule is CC(=O)c1cccc(NC(=O)CSC(C)c2ccccc2F)c1. The maximum Gasteiger partial charge on any atom is 0.234 e. The third-order valence-electron chi connectivity index (χ3n) is 3.36. The molecule has 3 nitrogen and oxygen atoms in total. The van der Waals surface area contributed by atoms with Crippen LogP contribution in [0, 0.1) is 5.82 Å². The predicted octanol–water partition coefficient (Wildman–Crippen LogP) is 4.46. The van der Waals surface area contributed by atoms with Crippen LogP contribution in [-0.2, 0) is 4.79 Å². The van der Waals surface area contributed by atoms with Crippen molar-refractivity contribution >= 4 is 29.1 Å². The van der Waals surface area contributed by atoms with Crippen molar-refractivity contribution in [3.63, 3.8) is 0 Å². The van der Waals surface area contributed by atoms with Crippen molar-refractivity contribution in [2.75, 3.05) is 11.1 Å². The number of rotatable bonds is 6. The maximum atomic E-state index is 13.7. The Labute approximate surface area is 139 Å². The molecule has 0 aliphatic heterocycles. The van der Waals surface area contributed by atoms with Gasteiger partial charge in [0.05, 0.1) is 5.75 Å². The fourth-order valence-electron chi connectivity index (χ4n) is 2.11. The molecule has 0 spiro atoms. The number of anilines is 1. The number of thioether (sulfide) groups is 1. The van der Waals surface area contributed by atoms with Gasteiger partial charge in [-0.1, -0.05) is 30.3 Å². The summed E-state index contributed by atoms with van der Waals surface area (Å²) in [7, 11) is 0. The molecule has 0 saturated heterocycles. The number of Topliss-reactive ketones (excluding diaryl/α,β-unsaturated/α-hetero) is 1. The van der Waals surface area contributed by atoms with Crippen LogP contribution >= 0.6 is 11.8 Å². The van der Waals surface area contributed by atoms with Gasteiger partial charge in [-0.3, -0.25) is 9.59 Å². The van der Waals surface area contributed by atoms with E-state index < -0.39 is 0 Å². The lowest BCUT2D eigenvalue weighted by Crippen LogP contribution is -2.15. The van der Waals surface area contributed by atoms with Crippen molar-refractivity contribution in [3.05, 3.63) is 65.5 Å². The highest BCUT2D eigenvalue weighted by atomic mass is 32.2. The lowest BCUT2D eigenvalue weighted by Gasteiger charge is -2.12. The molecule has 2 aromatic carbocycles. The van der Waals surface area contributed by atoms with Crippen LogP contribution in [0.2, 0.25) is 0 Å². The number of ketones is 1. The average molecular weight is 331 g/mol. The lowest BCUT2D eigenvalue weighted by molar-refractivity contribution is -0.113. The number of carbonyl (C=O) groups is 2. The molecular weight excluding hydrogens is 313 g/mol. The van der Waals surface area contributed by atoms with Gasteiger partial charge in [0.15, 0.2) is 5.78 Å². The number of benzene rings is 2. The smallest absolute Gasteiger partial charge is 0.234 e. The van der Waals surface area contributed by atoms with Crippen molar-refractivity contribution in [1.29, 1.82) is 0 Å². The predicted molar refractivity (Wildman–Crippen MR) is 92.3 cm³/mol. The van der Waals surface area contributed by atoms with E-state index in [0.29, 0.717) is 16.8 Å². The topological polar surface area (TPSA) is 46.2 Å². The Balaban J connectivity index is 1.91. The molecule has 0 saturated carbocycles. The average Bonchev–Trinajstić information content (AvgIpc) is 2.53. The summed E-state index contributed by atoms with van der Waals surface area (Å²) in [6, 6.07) is 13.4. The Morgan fingerprint density at radius 2 is 1.91 bits per heavy atom. The van der Waals surface area contributed by atoms with Crippen LogP contribution in [0.4, 0.5) is 10.1 Å². The van der Waals surface area contributed by atoms with Gasteiger partial charge in [-0.05, 0) is 32.0 Å². The van der Waals surface area contributed by atoms with Crippen molar-refractivity contribution in [2.24, 2.45) is 0 Å². The Morgan fingerprint density at radius 1 is 1.17 bits per heavy atom. The molecule has 0 aliphatic carbocycles. The fraction of sp³-hybridized carbons (Fsp3) is 0.222. The first-order chi connectivity index (χ1) is 11.0. The minimum Gasteiger partial charge on any atom is -0.325 e. The third-order valence-corrected chi connectivity index (χ3v) is 4.54. The number of halogens is 1. The quantitative estimate of drug-likeness (QED) is 0.795. The first-order valence-electron chi connectivity index (χ1n) is 7.24. The van der Waals surface area contributed by atoms with Gasteiger partial charge in [-0.25, -0.2) is 4.39 Å². The van der Waals surface area contributed by atoms with Crippen molar-refractivity contribution in [1.82, 2.24) is 0 Å². The van der Waals surface area contributed by atoms with Crippen molar-refractivity contribution in [3.8, 4) is 0 Å². The molecule has 120 valence electrons. The number of nitrogens with one attached hydrogen (secondary N) is 1. The zero-order chi connectivity index (χ0) is 16.8. The molecule has 1 N–H and O–H groups in total. The van der Waals surface area contributed by atoms with E-state index in [1.165, 1.54) is 24.8 Å². The van der Waals surface area contributed by atoms with Gasteiger partial charge in [0.1, 0.15) is 5.82 Å². The Kier molecular flexibility index (Phi) is 5.93. The van der Waals surface area contributed by atoms with Crippen LogP contribution in [-0.4, -0.2) is 17.4 Å². The van der Waals surface area contributed by atoms with Crippen LogP contribution in [0.25, 0.3) is 0 Å². The lowest BCUT2D eigenvalue weighted by atomic mass is 10.1. The standard InChI is InChI=1S/C18H18FNO2S/c1-12(21)14-6-5-7-15(10-14)20-18(22)11-23-13(2)16-8-3-4-9-17(16)19/h3-10,13H,11H2,1-2H3,(H,20,22). The molecule has 5 heteroatoms. The summed E-state index contributed by atoms with van der Waals surface area (Å²) in [5.41, 5.74) is 1.72. The van der Waals surface area contributed by atoms with E-state index >= 15 is 0 Å². The summed E-state index contributed by atoms with van der Waals surface area (Å²) >= 11 is 1.36. The molecule has 0 aromatic heterocycles. The van der Waals surface area contributed by atoms with E-state index in [4.69, 9.17) is 0 Å². The number of carbonyl (C=O) groups excluding carboxylic acids is 2. The molecule has 23 heavy (non-hydrogen) atoms. The van der Waals surface area contributed by atoms with Gasteiger partial charge in [-0.15, -0.1) is 11.8 Å². The van der Waals surface area contributed by atoms with E-state index in [1.807, 2.05) is 6.92 Å². The van der Waals surface area contributed by atoms with E-state index in [9.17, 15) is 14.0 Å². The Bertz CT molecular complexity index is 718. The summed E-state index contributed by atoms with van der Waals surface area (Å²) in [5.74, 6) is -0.288. The minimum atomic E-state index is -0.262. The Morgan fingerprint density at radius 3 is 2.61 bits per heavy atom. The van der Waals surface area contributed by atoms with Crippen molar-refractivity contribution in [2.45, 2.75) is 19.1 Å². The third kappa shape index (κ3) is 4.93. The summed E-state index contributed by atoms with van der Waals surface area (Å²) in [6.07, 6.45) is 0. The van der Waals surface area contributed by atoms with Gasteiger partial charge in [0.25, 0.3) is 0 Å². The van der Waals surface area contributed by atoms with Crippen LogP contribution in [0.5, 0.6) is 0 Å². The van der Waals surface area contributed by atoms with Gasteiger partial charge >= 0.3 is 0 Å². The molecule has 1 atom stereocenters. The Hall–Kier alpha value is -2.14. The molecular formula is C18H18FNO2S. The highest BCUT2D eigenvalue weighted by Gasteiger charge is 2.13. The van der Waals surface area contributed by atoms with Gasteiger partial charge in [-0.2, -0.15) is 0 Å². The summed E-state index contributed by atoms with van der Waals surface area (Å²) in [6.45, 7) is 3.35. The van der Waals surface area contributed by atoms with E-state index in [2.05, 4.69) is 5.32 Å². The molecule has 2 rings (SSSR count). The van der Waals surface area contributed by atoms with E-state index in [0.717, 1.165) is 0 Å². The number of hydrogen-bond acceptors (Lipinski definition) is 3. The van der Waals surface area contributed by atoms with Gasteiger partial charge < -0.3 is 5.32 Å². The summed E-state index contributed by atoms with van der Waals surface area (Å²) < 4.78 is 13.7. The van der Waals surface area contributed by atoms with Crippen LogP contribution in [0.15, 0.2) is 48.5 Å². The molecule has 2 aromatic rings. The zero-order valence-corrected chi connectivity index (χ0v) is 13.8. The molecule has 0 fully saturated rings. The normalized spacial score (nSPS) is 11.8. The maximum absolute atomic E-state index is 13.7. The molecule has 1 unspecified atom stereocenters. The second-order valence-corrected chi connectivity index (χ2v) is 6.49. The molecule has 1 amide bonds. The monoisotopic (exact) mass is 331 g/mol. The zero-order valence-electron chi connectivity index (χ0n) is 13.0. The summed E-state index contributed by atoms with van der Waals surface area (Å²) in [5, 5.41) is 2.63. The fourth-order valence-corrected chi connectivity index (χ4v) is 2.95. The largest absolute Gasteiger partial charge is 0.325 e. The molecule has 0 radical (unpaired) electrons. The highest BCUT2D eigenvalue weighted by molar-refractivity contribution is 8.00. The van der Waals surface area contributed by atoms with Crippen molar-refractivity contribution < 1.29 is 14.0 Å². The van der Waals surface area contributed by atoms with E-state index in [-0.39, 0.29) is 28.5 Å².